The van der Waals surface area contributed by atoms with E-state index in [0.717, 1.165) is 0 Å². The number of pyridine rings is 1. The van der Waals surface area contributed by atoms with E-state index in [1.807, 2.05) is 6.07 Å². The lowest BCUT2D eigenvalue weighted by Crippen LogP contribution is -2.05. The van der Waals surface area contributed by atoms with Crippen LogP contribution in [0.3, 0.4) is 0 Å². The summed E-state index contributed by atoms with van der Waals surface area (Å²) < 4.78 is 5.04. The van der Waals surface area contributed by atoms with E-state index in [4.69, 9.17) is 27.9 Å². The summed E-state index contributed by atoms with van der Waals surface area (Å²) in [4.78, 5) is 16.2. The molecule has 1 aromatic heterocycles. The number of aromatic nitrogens is 1. The summed E-state index contributed by atoms with van der Waals surface area (Å²) >= 11 is 12.0. The molecule has 0 amide bonds. The van der Waals surface area contributed by atoms with Gasteiger partial charge in [0.1, 0.15) is 0 Å². The monoisotopic (exact) mass is 295 g/mol. The highest BCUT2D eigenvalue weighted by atomic mass is 35.5. The van der Waals surface area contributed by atoms with Crippen LogP contribution in [0.5, 0.6) is 5.75 Å². The quantitative estimate of drug-likeness (QED) is 0.805. The molecular formula is C14H11Cl2NO2. The SMILES string of the molecule is COc1c(Cl)cc(C(=O)Cc2ccccn2)cc1Cl. The van der Waals surface area contributed by atoms with Crippen LogP contribution in [0.4, 0.5) is 0 Å². The molecule has 1 aromatic carbocycles. The molecule has 3 nitrogen and oxygen atoms in total. The zero-order valence-corrected chi connectivity index (χ0v) is 11.7. The van der Waals surface area contributed by atoms with Crippen molar-refractivity contribution in [3.8, 4) is 5.75 Å². The number of hydrogen-bond donors (Lipinski definition) is 0. The van der Waals surface area contributed by atoms with Gasteiger partial charge in [0.25, 0.3) is 0 Å². The molecule has 0 radical (unpaired) electrons. The molecule has 0 N–H and O–H groups in total. The Morgan fingerprint density at radius 2 is 1.95 bits per heavy atom. The molecule has 0 aliphatic carbocycles. The molecular weight excluding hydrogens is 285 g/mol. The number of benzene rings is 1. The second-order valence-corrected chi connectivity index (χ2v) is 4.71. The highest BCUT2D eigenvalue weighted by molar-refractivity contribution is 6.37. The lowest BCUT2D eigenvalue weighted by atomic mass is 10.1. The summed E-state index contributed by atoms with van der Waals surface area (Å²) in [5, 5.41) is 0.638. The predicted molar refractivity (Wildman–Crippen MR) is 75.3 cm³/mol. The van der Waals surface area contributed by atoms with Gasteiger partial charge in [-0.3, -0.25) is 9.78 Å². The Morgan fingerprint density at radius 3 is 2.47 bits per heavy atom. The van der Waals surface area contributed by atoms with E-state index in [1.54, 1.807) is 30.5 Å². The topological polar surface area (TPSA) is 39.2 Å². The fourth-order valence-corrected chi connectivity index (χ4v) is 2.33. The fourth-order valence-electron chi connectivity index (χ4n) is 1.69. The Morgan fingerprint density at radius 1 is 1.26 bits per heavy atom. The van der Waals surface area contributed by atoms with Crippen molar-refractivity contribution in [2.45, 2.75) is 6.42 Å². The predicted octanol–water partition coefficient (Wildman–Crippen LogP) is 3.82. The van der Waals surface area contributed by atoms with Gasteiger partial charge >= 0.3 is 0 Å². The number of methoxy groups -OCH3 is 1. The van der Waals surface area contributed by atoms with Crippen LogP contribution in [0, 0.1) is 0 Å². The first kappa shape index (κ1) is 13.8. The lowest BCUT2D eigenvalue weighted by Gasteiger charge is -2.08. The van der Waals surface area contributed by atoms with Crippen molar-refractivity contribution in [1.29, 1.82) is 0 Å². The number of Topliss-reactive ketones (excluding diaryl/α,β-unsaturated/α-hetero) is 1. The highest BCUT2D eigenvalue weighted by Gasteiger charge is 2.14. The number of nitrogens with zero attached hydrogens (tertiary/aromatic N) is 1. The van der Waals surface area contributed by atoms with E-state index >= 15 is 0 Å². The number of ether oxygens (including phenoxy) is 1. The van der Waals surface area contributed by atoms with Crippen LogP contribution >= 0.6 is 23.2 Å². The number of rotatable bonds is 4. The number of halogens is 2. The molecule has 2 rings (SSSR count). The van der Waals surface area contributed by atoms with E-state index in [2.05, 4.69) is 4.98 Å². The Bertz CT molecular complexity index is 577. The van der Waals surface area contributed by atoms with Crippen LogP contribution in [-0.2, 0) is 6.42 Å². The standard InChI is InChI=1S/C14H11Cl2NO2/c1-19-14-11(15)6-9(7-12(14)16)13(18)8-10-4-2-3-5-17-10/h2-7H,8H2,1H3. The Balaban J connectivity index is 2.25. The molecule has 0 aliphatic rings. The lowest BCUT2D eigenvalue weighted by molar-refractivity contribution is 0.0992. The first-order valence-corrected chi connectivity index (χ1v) is 6.33. The van der Waals surface area contributed by atoms with Crippen molar-refractivity contribution in [3.63, 3.8) is 0 Å². The summed E-state index contributed by atoms with van der Waals surface area (Å²) in [6.07, 6.45) is 1.86. The summed E-state index contributed by atoms with van der Waals surface area (Å²) in [5.41, 5.74) is 1.15. The smallest absolute Gasteiger partial charge is 0.168 e. The molecule has 98 valence electrons. The van der Waals surface area contributed by atoms with E-state index in [0.29, 0.717) is 27.1 Å². The molecule has 0 spiro atoms. The first-order chi connectivity index (χ1) is 9.11. The van der Waals surface area contributed by atoms with Gasteiger partial charge in [-0.25, -0.2) is 0 Å². The van der Waals surface area contributed by atoms with Crippen molar-refractivity contribution in [2.75, 3.05) is 7.11 Å². The molecule has 2 aromatic rings. The Labute approximate surface area is 121 Å². The van der Waals surface area contributed by atoms with Crippen molar-refractivity contribution in [2.24, 2.45) is 0 Å². The first-order valence-electron chi connectivity index (χ1n) is 5.58. The van der Waals surface area contributed by atoms with E-state index in [-0.39, 0.29) is 12.2 Å². The average molecular weight is 296 g/mol. The molecule has 0 fully saturated rings. The largest absolute Gasteiger partial charge is 0.494 e. The van der Waals surface area contributed by atoms with Gasteiger partial charge in [-0.15, -0.1) is 0 Å². The number of carbonyl (C=O) groups is 1. The fraction of sp³-hybridized carbons (Fsp3) is 0.143. The minimum absolute atomic E-state index is 0.0925. The summed E-state index contributed by atoms with van der Waals surface area (Å²) in [6.45, 7) is 0. The van der Waals surface area contributed by atoms with Crippen molar-refractivity contribution in [3.05, 3.63) is 57.8 Å². The third kappa shape index (κ3) is 3.25. The van der Waals surface area contributed by atoms with Gasteiger partial charge in [-0.1, -0.05) is 29.3 Å². The van der Waals surface area contributed by atoms with E-state index in [9.17, 15) is 4.79 Å². The van der Waals surface area contributed by atoms with Gasteiger partial charge in [0, 0.05) is 17.5 Å². The zero-order chi connectivity index (χ0) is 13.8. The van der Waals surface area contributed by atoms with Crippen molar-refractivity contribution in [1.82, 2.24) is 4.98 Å². The third-order valence-electron chi connectivity index (χ3n) is 2.59. The maximum atomic E-state index is 12.1. The Kier molecular flexibility index (Phi) is 4.40. The average Bonchev–Trinajstić information content (AvgIpc) is 2.39. The molecule has 0 atom stereocenters. The zero-order valence-electron chi connectivity index (χ0n) is 10.2. The molecule has 1 heterocycles. The van der Waals surface area contributed by atoms with Gasteiger partial charge in [0.2, 0.25) is 0 Å². The number of ketones is 1. The molecule has 0 saturated heterocycles. The minimum atomic E-state index is -0.0925. The number of carbonyl (C=O) groups excluding carboxylic acids is 1. The normalized spacial score (nSPS) is 10.3. The van der Waals surface area contributed by atoms with Crippen LogP contribution in [0.15, 0.2) is 36.5 Å². The Hall–Kier alpha value is -1.58. The molecule has 5 heteroatoms. The molecule has 0 unspecified atom stereocenters. The molecule has 0 aliphatic heterocycles. The van der Waals surface area contributed by atoms with Gasteiger partial charge in [0.15, 0.2) is 11.5 Å². The van der Waals surface area contributed by atoms with Crippen LogP contribution in [0.1, 0.15) is 16.1 Å². The summed E-state index contributed by atoms with van der Waals surface area (Å²) in [7, 11) is 1.47. The second-order valence-electron chi connectivity index (χ2n) is 3.89. The summed E-state index contributed by atoms with van der Waals surface area (Å²) in [5.74, 6) is 0.280. The molecule has 0 bridgehead atoms. The van der Waals surface area contributed by atoms with E-state index in [1.165, 1.54) is 7.11 Å². The maximum Gasteiger partial charge on any atom is 0.168 e. The highest BCUT2D eigenvalue weighted by Crippen LogP contribution is 2.34. The van der Waals surface area contributed by atoms with Crippen molar-refractivity contribution >= 4 is 29.0 Å². The van der Waals surface area contributed by atoms with Gasteiger partial charge in [0.05, 0.1) is 23.6 Å². The second kappa shape index (κ2) is 6.04. The van der Waals surface area contributed by atoms with Crippen LogP contribution in [0.2, 0.25) is 10.0 Å². The molecule has 19 heavy (non-hydrogen) atoms. The number of hydrogen-bond acceptors (Lipinski definition) is 3. The van der Waals surface area contributed by atoms with Crippen LogP contribution in [0.25, 0.3) is 0 Å². The molecule has 0 saturated carbocycles. The van der Waals surface area contributed by atoms with Gasteiger partial charge in [-0.2, -0.15) is 0 Å². The maximum absolute atomic E-state index is 12.1. The summed E-state index contributed by atoms with van der Waals surface area (Å²) in [6, 6.07) is 8.54. The van der Waals surface area contributed by atoms with Crippen molar-refractivity contribution < 1.29 is 9.53 Å². The van der Waals surface area contributed by atoms with Crippen LogP contribution in [-0.4, -0.2) is 17.9 Å². The van der Waals surface area contributed by atoms with E-state index < -0.39 is 0 Å². The van der Waals surface area contributed by atoms with Crippen LogP contribution < -0.4 is 4.74 Å². The minimum Gasteiger partial charge on any atom is -0.494 e. The third-order valence-corrected chi connectivity index (χ3v) is 3.15. The van der Waals surface area contributed by atoms with Gasteiger partial charge in [-0.05, 0) is 24.3 Å². The van der Waals surface area contributed by atoms with Gasteiger partial charge < -0.3 is 4.74 Å².